The molecule has 3 aliphatic rings. The highest BCUT2D eigenvalue weighted by Crippen LogP contribution is 2.48. The summed E-state index contributed by atoms with van der Waals surface area (Å²) < 4.78 is 17.2. The first kappa shape index (κ1) is 22.4. The lowest BCUT2D eigenvalue weighted by Gasteiger charge is -2.36. The molecule has 0 aromatic heterocycles. The number of carbonyl (C=O) groups is 3. The third-order valence-corrected chi connectivity index (χ3v) is 6.66. The van der Waals surface area contributed by atoms with Crippen LogP contribution in [0.1, 0.15) is 60.4 Å². The summed E-state index contributed by atoms with van der Waals surface area (Å²) in [6.07, 6.45) is 3.69. The third-order valence-electron chi connectivity index (χ3n) is 6.42. The molecule has 2 aliphatic carbocycles. The molecule has 1 heterocycles. The first-order valence-corrected chi connectivity index (χ1v) is 11.7. The molecular formula is C27H23ClO6. The summed E-state index contributed by atoms with van der Waals surface area (Å²) in [7, 11) is 1.48. The van der Waals surface area contributed by atoms with Crippen LogP contribution in [0.2, 0.25) is 5.02 Å². The van der Waals surface area contributed by atoms with E-state index < -0.39 is 11.9 Å². The van der Waals surface area contributed by atoms with Crippen LogP contribution < -0.4 is 9.47 Å². The standard InChI is InChI=1S/C27H23ClO6/c1-32-23-14-15(11-12-20(23)34-27(31)16-5-2-6-17(28)13-16)24-25-18(29)7-3-9-21(25)33-22-10-4-8-19(30)26(22)24/h2,5-6,11-14,24H,3-4,7-10H2,1H3. The molecule has 7 heteroatoms. The second-order valence-electron chi connectivity index (χ2n) is 8.57. The van der Waals surface area contributed by atoms with Gasteiger partial charge in [-0.1, -0.05) is 23.7 Å². The van der Waals surface area contributed by atoms with Crippen LogP contribution in [-0.4, -0.2) is 24.6 Å². The number of allylic oxidation sites excluding steroid dienone is 4. The number of hydrogen-bond acceptors (Lipinski definition) is 6. The number of hydrogen-bond donors (Lipinski definition) is 0. The molecule has 2 aromatic carbocycles. The Kier molecular flexibility index (Phi) is 6.00. The third kappa shape index (κ3) is 4.03. The van der Waals surface area contributed by atoms with Gasteiger partial charge in [-0.25, -0.2) is 4.79 Å². The zero-order valence-corrected chi connectivity index (χ0v) is 19.4. The maximum absolute atomic E-state index is 13.0. The van der Waals surface area contributed by atoms with E-state index in [1.54, 1.807) is 36.4 Å². The molecule has 5 rings (SSSR count). The number of rotatable bonds is 4. The molecule has 174 valence electrons. The summed E-state index contributed by atoms with van der Waals surface area (Å²) in [5.41, 5.74) is 2.17. The van der Waals surface area contributed by atoms with E-state index in [-0.39, 0.29) is 17.3 Å². The van der Waals surface area contributed by atoms with E-state index in [0.717, 1.165) is 18.4 Å². The van der Waals surface area contributed by atoms with Gasteiger partial charge in [0.1, 0.15) is 11.5 Å². The zero-order valence-electron chi connectivity index (χ0n) is 18.7. The summed E-state index contributed by atoms with van der Waals surface area (Å²) >= 11 is 5.99. The van der Waals surface area contributed by atoms with Gasteiger partial charge in [0, 0.05) is 47.8 Å². The fourth-order valence-corrected chi connectivity index (χ4v) is 5.06. The summed E-state index contributed by atoms with van der Waals surface area (Å²) in [6, 6.07) is 11.6. The van der Waals surface area contributed by atoms with Gasteiger partial charge in [-0.3, -0.25) is 9.59 Å². The summed E-state index contributed by atoms with van der Waals surface area (Å²) in [6.45, 7) is 0. The fourth-order valence-electron chi connectivity index (χ4n) is 4.87. The minimum absolute atomic E-state index is 0.00611. The number of ketones is 2. The van der Waals surface area contributed by atoms with E-state index in [9.17, 15) is 14.4 Å². The molecule has 0 fully saturated rings. The van der Waals surface area contributed by atoms with Crippen molar-refractivity contribution in [1.82, 2.24) is 0 Å². The molecule has 0 amide bonds. The van der Waals surface area contributed by atoms with Crippen LogP contribution in [0.3, 0.4) is 0 Å². The molecule has 0 saturated heterocycles. The van der Waals surface area contributed by atoms with Crippen LogP contribution in [-0.2, 0) is 14.3 Å². The molecule has 1 aliphatic heterocycles. The number of Topliss-reactive ketones (excluding diaryl/α,β-unsaturated/α-hetero) is 2. The first-order valence-electron chi connectivity index (χ1n) is 11.3. The van der Waals surface area contributed by atoms with Crippen molar-refractivity contribution in [3.05, 3.63) is 81.3 Å². The SMILES string of the molecule is COc1cc(C2C3=C(CCCC3=O)OC3=C2C(=O)CCC3)ccc1OC(=O)c1cccc(Cl)c1. The Bertz CT molecular complexity index is 1230. The second kappa shape index (κ2) is 9.11. The average Bonchev–Trinajstić information content (AvgIpc) is 2.83. The van der Waals surface area contributed by atoms with Crippen molar-refractivity contribution in [3.8, 4) is 11.5 Å². The van der Waals surface area contributed by atoms with Crippen LogP contribution >= 0.6 is 11.6 Å². The minimum Gasteiger partial charge on any atom is -0.493 e. The molecule has 0 unspecified atom stereocenters. The molecule has 2 aromatic rings. The van der Waals surface area contributed by atoms with E-state index in [2.05, 4.69) is 0 Å². The number of esters is 1. The van der Waals surface area contributed by atoms with E-state index in [1.807, 2.05) is 0 Å². The Balaban J connectivity index is 1.54. The first-order chi connectivity index (χ1) is 16.5. The van der Waals surface area contributed by atoms with Gasteiger partial charge in [0.25, 0.3) is 0 Å². The largest absolute Gasteiger partial charge is 0.493 e. The zero-order chi connectivity index (χ0) is 23.8. The summed E-state index contributed by atoms with van der Waals surface area (Å²) in [5.74, 6) is 0.839. The molecule has 34 heavy (non-hydrogen) atoms. The lowest BCUT2D eigenvalue weighted by molar-refractivity contribution is -0.117. The van der Waals surface area contributed by atoms with Crippen molar-refractivity contribution < 1.29 is 28.6 Å². The van der Waals surface area contributed by atoms with Crippen molar-refractivity contribution in [2.24, 2.45) is 0 Å². The van der Waals surface area contributed by atoms with E-state index in [4.69, 9.17) is 25.8 Å². The lowest BCUT2D eigenvalue weighted by atomic mass is 9.73. The van der Waals surface area contributed by atoms with E-state index in [0.29, 0.717) is 64.7 Å². The van der Waals surface area contributed by atoms with Gasteiger partial charge in [-0.15, -0.1) is 0 Å². The van der Waals surface area contributed by atoms with Crippen molar-refractivity contribution in [1.29, 1.82) is 0 Å². The molecule has 0 N–H and O–H groups in total. The molecule has 0 spiro atoms. The van der Waals surface area contributed by atoms with Crippen LogP contribution in [0, 0.1) is 0 Å². The predicted molar refractivity (Wildman–Crippen MR) is 125 cm³/mol. The normalized spacial score (nSPS) is 18.3. The topological polar surface area (TPSA) is 78.9 Å². The maximum atomic E-state index is 13.0. The molecular weight excluding hydrogens is 456 g/mol. The summed E-state index contributed by atoms with van der Waals surface area (Å²) in [4.78, 5) is 38.5. The maximum Gasteiger partial charge on any atom is 0.343 e. The van der Waals surface area contributed by atoms with Gasteiger partial charge in [-0.2, -0.15) is 0 Å². The van der Waals surface area contributed by atoms with Gasteiger partial charge in [0.2, 0.25) is 0 Å². The smallest absolute Gasteiger partial charge is 0.343 e. The number of methoxy groups -OCH3 is 1. The Hall–Kier alpha value is -3.38. The molecule has 0 saturated carbocycles. The van der Waals surface area contributed by atoms with Gasteiger partial charge in [0.15, 0.2) is 23.1 Å². The highest BCUT2D eigenvalue weighted by molar-refractivity contribution is 6.30. The fraction of sp³-hybridized carbons (Fsp3) is 0.296. The van der Waals surface area contributed by atoms with Crippen LogP contribution in [0.25, 0.3) is 0 Å². The monoisotopic (exact) mass is 478 g/mol. The van der Waals surface area contributed by atoms with E-state index >= 15 is 0 Å². The van der Waals surface area contributed by atoms with Crippen molar-refractivity contribution in [3.63, 3.8) is 0 Å². The van der Waals surface area contributed by atoms with Gasteiger partial charge < -0.3 is 14.2 Å². The number of benzene rings is 2. The predicted octanol–water partition coefficient (Wildman–Crippen LogP) is 5.70. The van der Waals surface area contributed by atoms with Gasteiger partial charge >= 0.3 is 5.97 Å². The molecule has 6 nitrogen and oxygen atoms in total. The Morgan fingerprint density at radius 2 is 1.59 bits per heavy atom. The molecule has 0 atom stereocenters. The highest BCUT2D eigenvalue weighted by Gasteiger charge is 2.42. The van der Waals surface area contributed by atoms with Gasteiger partial charge in [-0.05, 0) is 48.7 Å². The number of halogens is 1. The quantitative estimate of drug-likeness (QED) is 0.414. The Morgan fingerprint density at radius 3 is 2.21 bits per heavy atom. The Morgan fingerprint density at radius 1 is 0.912 bits per heavy atom. The average molecular weight is 479 g/mol. The molecule has 0 bridgehead atoms. The van der Waals surface area contributed by atoms with Gasteiger partial charge in [0.05, 0.1) is 12.7 Å². The Labute approximate surface area is 202 Å². The molecule has 0 radical (unpaired) electrons. The van der Waals surface area contributed by atoms with Crippen LogP contribution in [0.15, 0.2) is 65.1 Å². The number of carbonyl (C=O) groups excluding carboxylic acids is 3. The van der Waals surface area contributed by atoms with E-state index in [1.165, 1.54) is 13.2 Å². The summed E-state index contributed by atoms with van der Waals surface area (Å²) in [5, 5.41) is 0.429. The second-order valence-corrected chi connectivity index (χ2v) is 9.01. The van der Waals surface area contributed by atoms with Crippen molar-refractivity contribution in [2.45, 2.75) is 44.4 Å². The minimum atomic E-state index is -0.570. The van der Waals surface area contributed by atoms with Crippen LogP contribution in [0.4, 0.5) is 0 Å². The number of ether oxygens (including phenoxy) is 3. The van der Waals surface area contributed by atoms with Crippen molar-refractivity contribution >= 4 is 29.1 Å². The van der Waals surface area contributed by atoms with Crippen molar-refractivity contribution in [2.75, 3.05) is 7.11 Å². The van der Waals surface area contributed by atoms with Crippen LogP contribution in [0.5, 0.6) is 11.5 Å². The lowest BCUT2D eigenvalue weighted by Crippen LogP contribution is -2.30. The highest BCUT2D eigenvalue weighted by atomic mass is 35.5.